The Kier molecular flexibility index (Phi) is 4.71. The summed E-state index contributed by atoms with van der Waals surface area (Å²) in [6, 6.07) is 10.8. The van der Waals surface area contributed by atoms with Crippen molar-refractivity contribution in [2.24, 2.45) is 0 Å². The van der Waals surface area contributed by atoms with Crippen LogP contribution < -0.4 is 9.80 Å². The molecule has 0 atom stereocenters. The van der Waals surface area contributed by atoms with Crippen molar-refractivity contribution < 1.29 is 4.39 Å². The number of halogens is 1. The lowest BCUT2D eigenvalue weighted by Crippen LogP contribution is -2.46. The maximum Gasteiger partial charge on any atom is 0.151 e. The third-order valence-corrected chi connectivity index (χ3v) is 4.11. The fourth-order valence-corrected chi connectivity index (χ4v) is 2.71. The molecular formula is C17H22FN5. The van der Waals surface area contributed by atoms with Crippen LogP contribution in [0, 0.1) is 5.82 Å². The van der Waals surface area contributed by atoms with E-state index in [-0.39, 0.29) is 5.82 Å². The summed E-state index contributed by atoms with van der Waals surface area (Å²) >= 11 is 0. The molecule has 1 aromatic carbocycles. The van der Waals surface area contributed by atoms with Gasteiger partial charge in [0.25, 0.3) is 0 Å². The van der Waals surface area contributed by atoms with Gasteiger partial charge in [-0.15, -0.1) is 10.2 Å². The number of anilines is 2. The van der Waals surface area contributed by atoms with Crippen LogP contribution in [0.1, 0.15) is 5.56 Å². The Morgan fingerprint density at radius 3 is 2.22 bits per heavy atom. The maximum absolute atomic E-state index is 12.9. The summed E-state index contributed by atoms with van der Waals surface area (Å²) in [5.74, 6) is 1.61. The number of aromatic nitrogens is 2. The molecule has 0 N–H and O–H groups in total. The number of piperazine rings is 1. The summed E-state index contributed by atoms with van der Waals surface area (Å²) in [7, 11) is 3.91. The molecule has 6 heteroatoms. The first-order chi connectivity index (χ1) is 11.1. The van der Waals surface area contributed by atoms with Crippen molar-refractivity contribution in [3.05, 3.63) is 47.8 Å². The molecule has 2 aromatic rings. The highest BCUT2D eigenvalue weighted by Gasteiger charge is 2.18. The van der Waals surface area contributed by atoms with Crippen LogP contribution in [-0.2, 0) is 6.54 Å². The SMILES string of the molecule is CN(C)c1ccc(N2CCN(Cc3ccc(F)cc3)CC2)nn1. The van der Waals surface area contributed by atoms with E-state index in [1.165, 1.54) is 12.1 Å². The maximum atomic E-state index is 12.9. The van der Waals surface area contributed by atoms with Crippen LogP contribution in [0.3, 0.4) is 0 Å². The van der Waals surface area contributed by atoms with Gasteiger partial charge in [0.15, 0.2) is 11.6 Å². The topological polar surface area (TPSA) is 35.5 Å². The highest BCUT2D eigenvalue weighted by molar-refractivity contribution is 5.44. The molecule has 1 aliphatic rings. The zero-order chi connectivity index (χ0) is 16.2. The van der Waals surface area contributed by atoms with Gasteiger partial charge in [-0.3, -0.25) is 4.90 Å². The molecule has 0 spiro atoms. The Morgan fingerprint density at radius 1 is 0.957 bits per heavy atom. The van der Waals surface area contributed by atoms with E-state index in [2.05, 4.69) is 20.0 Å². The van der Waals surface area contributed by atoms with Crippen molar-refractivity contribution in [1.82, 2.24) is 15.1 Å². The zero-order valence-electron chi connectivity index (χ0n) is 13.6. The molecule has 0 radical (unpaired) electrons. The van der Waals surface area contributed by atoms with E-state index in [9.17, 15) is 4.39 Å². The summed E-state index contributed by atoms with van der Waals surface area (Å²) < 4.78 is 12.9. The molecule has 0 unspecified atom stereocenters. The van der Waals surface area contributed by atoms with Crippen LogP contribution in [0.25, 0.3) is 0 Å². The Labute approximate surface area is 136 Å². The van der Waals surface area contributed by atoms with Gasteiger partial charge in [-0.2, -0.15) is 0 Å². The molecule has 2 heterocycles. The third kappa shape index (κ3) is 3.96. The van der Waals surface area contributed by atoms with E-state index in [4.69, 9.17) is 0 Å². The van der Waals surface area contributed by atoms with Gasteiger partial charge in [0.1, 0.15) is 5.82 Å². The van der Waals surface area contributed by atoms with Crippen LogP contribution in [0.5, 0.6) is 0 Å². The fourth-order valence-electron chi connectivity index (χ4n) is 2.71. The van der Waals surface area contributed by atoms with Crippen molar-refractivity contribution in [1.29, 1.82) is 0 Å². The van der Waals surface area contributed by atoms with Crippen molar-refractivity contribution in [3.63, 3.8) is 0 Å². The average Bonchev–Trinajstić information content (AvgIpc) is 2.58. The Balaban J connectivity index is 1.54. The van der Waals surface area contributed by atoms with Gasteiger partial charge in [-0.1, -0.05) is 12.1 Å². The van der Waals surface area contributed by atoms with Crippen LogP contribution in [0.15, 0.2) is 36.4 Å². The van der Waals surface area contributed by atoms with Gasteiger partial charge in [-0.25, -0.2) is 4.39 Å². The zero-order valence-corrected chi connectivity index (χ0v) is 13.6. The summed E-state index contributed by atoms with van der Waals surface area (Å²) in [5, 5.41) is 8.55. The lowest BCUT2D eigenvalue weighted by Gasteiger charge is -2.35. The summed E-state index contributed by atoms with van der Waals surface area (Å²) in [5.41, 5.74) is 1.15. The van der Waals surface area contributed by atoms with E-state index in [1.807, 2.05) is 43.3 Å². The van der Waals surface area contributed by atoms with E-state index < -0.39 is 0 Å². The van der Waals surface area contributed by atoms with E-state index in [1.54, 1.807) is 0 Å². The highest BCUT2D eigenvalue weighted by Crippen LogP contribution is 2.16. The predicted octanol–water partition coefficient (Wildman–Crippen LogP) is 2.00. The minimum absolute atomic E-state index is 0.182. The average molecular weight is 315 g/mol. The number of rotatable bonds is 4. The molecule has 0 amide bonds. The van der Waals surface area contributed by atoms with Crippen molar-refractivity contribution in [2.45, 2.75) is 6.54 Å². The van der Waals surface area contributed by atoms with Crippen molar-refractivity contribution in [2.75, 3.05) is 50.1 Å². The molecule has 3 rings (SSSR count). The van der Waals surface area contributed by atoms with Crippen LogP contribution in [-0.4, -0.2) is 55.4 Å². The molecule has 0 bridgehead atoms. The number of nitrogens with zero attached hydrogens (tertiary/aromatic N) is 5. The lowest BCUT2D eigenvalue weighted by molar-refractivity contribution is 0.249. The first-order valence-electron chi connectivity index (χ1n) is 7.84. The normalized spacial score (nSPS) is 15.7. The predicted molar refractivity (Wildman–Crippen MR) is 90.2 cm³/mol. The van der Waals surface area contributed by atoms with Crippen LogP contribution >= 0.6 is 0 Å². The van der Waals surface area contributed by atoms with Gasteiger partial charge in [0.2, 0.25) is 0 Å². The van der Waals surface area contributed by atoms with Gasteiger partial charge in [0.05, 0.1) is 0 Å². The molecule has 23 heavy (non-hydrogen) atoms. The Hall–Kier alpha value is -2.21. The second-order valence-electron chi connectivity index (χ2n) is 6.03. The van der Waals surface area contributed by atoms with Gasteiger partial charge < -0.3 is 9.80 Å². The van der Waals surface area contributed by atoms with Crippen molar-refractivity contribution in [3.8, 4) is 0 Å². The molecule has 1 fully saturated rings. The molecule has 1 aromatic heterocycles. The smallest absolute Gasteiger partial charge is 0.151 e. The second-order valence-corrected chi connectivity index (χ2v) is 6.03. The fraction of sp³-hybridized carbons (Fsp3) is 0.412. The first kappa shape index (κ1) is 15.7. The molecule has 0 aliphatic carbocycles. The van der Waals surface area contributed by atoms with E-state index in [0.29, 0.717) is 0 Å². The largest absolute Gasteiger partial charge is 0.361 e. The minimum Gasteiger partial charge on any atom is -0.361 e. The molecule has 5 nitrogen and oxygen atoms in total. The summed E-state index contributed by atoms with van der Waals surface area (Å²) in [6.45, 7) is 4.65. The molecule has 1 aliphatic heterocycles. The second kappa shape index (κ2) is 6.91. The van der Waals surface area contributed by atoms with E-state index >= 15 is 0 Å². The standard InChI is InChI=1S/C17H22FN5/c1-21(2)16-7-8-17(20-19-16)23-11-9-22(10-12-23)13-14-3-5-15(18)6-4-14/h3-8H,9-13H2,1-2H3. The molecule has 122 valence electrons. The monoisotopic (exact) mass is 315 g/mol. The molecule has 1 saturated heterocycles. The quantitative estimate of drug-likeness (QED) is 0.862. The highest BCUT2D eigenvalue weighted by atomic mass is 19.1. The number of hydrogen-bond donors (Lipinski definition) is 0. The van der Waals surface area contributed by atoms with Crippen molar-refractivity contribution >= 4 is 11.6 Å². The Bertz CT molecular complexity index is 618. The number of hydrogen-bond acceptors (Lipinski definition) is 5. The summed E-state index contributed by atoms with van der Waals surface area (Å²) in [4.78, 5) is 6.58. The minimum atomic E-state index is -0.182. The van der Waals surface area contributed by atoms with Gasteiger partial charge >= 0.3 is 0 Å². The number of benzene rings is 1. The summed E-state index contributed by atoms with van der Waals surface area (Å²) in [6.07, 6.45) is 0. The van der Waals surface area contributed by atoms with Gasteiger partial charge in [-0.05, 0) is 29.8 Å². The lowest BCUT2D eigenvalue weighted by atomic mass is 10.2. The van der Waals surface area contributed by atoms with E-state index in [0.717, 1.165) is 49.9 Å². The first-order valence-corrected chi connectivity index (χ1v) is 7.84. The Morgan fingerprint density at radius 2 is 1.65 bits per heavy atom. The van der Waals surface area contributed by atoms with Crippen LogP contribution in [0.4, 0.5) is 16.0 Å². The molecular weight excluding hydrogens is 293 g/mol. The van der Waals surface area contributed by atoms with Crippen LogP contribution in [0.2, 0.25) is 0 Å². The molecule has 0 saturated carbocycles. The van der Waals surface area contributed by atoms with Gasteiger partial charge in [0, 0.05) is 46.8 Å². The third-order valence-electron chi connectivity index (χ3n) is 4.11.